The molecule has 21 heavy (non-hydrogen) atoms. The summed E-state index contributed by atoms with van der Waals surface area (Å²) >= 11 is 6.63. The van der Waals surface area contributed by atoms with Crippen molar-refractivity contribution in [3.8, 4) is 0 Å². The van der Waals surface area contributed by atoms with Gasteiger partial charge in [0.25, 0.3) is 0 Å². The summed E-state index contributed by atoms with van der Waals surface area (Å²) in [6.07, 6.45) is -4.00. The lowest BCUT2D eigenvalue weighted by atomic mass is 10.0. The molecule has 0 saturated heterocycles. The Morgan fingerprint density at radius 3 is 2.38 bits per heavy atom. The largest absolute Gasteiger partial charge is 0.416 e. The molecule has 0 N–H and O–H groups in total. The predicted octanol–water partition coefficient (Wildman–Crippen LogP) is 6.29. The molecule has 0 aliphatic carbocycles. The number of hydrogen-bond acceptors (Lipinski definition) is 0. The zero-order valence-corrected chi connectivity index (χ0v) is 13.8. The van der Waals surface area contributed by atoms with Gasteiger partial charge in [-0.05, 0) is 47.9 Å². The van der Waals surface area contributed by atoms with Crippen molar-refractivity contribution in [3.63, 3.8) is 0 Å². The number of rotatable bonds is 3. The number of hydrogen-bond donors (Lipinski definition) is 0. The van der Waals surface area contributed by atoms with E-state index in [-0.39, 0.29) is 10.6 Å². The standard InChI is InChI=1S/C15H10Br2F4/c16-13-5-4-10(15(19,20)21)8-12(13)14(17)7-9-2-1-3-11(18)6-9/h1-6,8,14H,7H2. The van der Waals surface area contributed by atoms with Gasteiger partial charge in [-0.25, -0.2) is 4.39 Å². The van der Waals surface area contributed by atoms with E-state index in [2.05, 4.69) is 31.9 Å². The van der Waals surface area contributed by atoms with Gasteiger partial charge in [-0.3, -0.25) is 0 Å². The maximum Gasteiger partial charge on any atom is 0.416 e. The van der Waals surface area contributed by atoms with Gasteiger partial charge >= 0.3 is 6.18 Å². The Kier molecular flexibility index (Phi) is 5.09. The van der Waals surface area contributed by atoms with E-state index >= 15 is 0 Å². The van der Waals surface area contributed by atoms with E-state index < -0.39 is 11.7 Å². The molecule has 1 unspecified atom stereocenters. The van der Waals surface area contributed by atoms with Crippen molar-refractivity contribution in [2.75, 3.05) is 0 Å². The van der Waals surface area contributed by atoms with Gasteiger partial charge in [0.05, 0.1) is 5.56 Å². The van der Waals surface area contributed by atoms with E-state index in [1.54, 1.807) is 12.1 Å². The Balaban J connectivity index is 2.28. The maximum absolute atomic E-state index is 13.1. The Labute approximate surface area is 136 Å². The first-order chi connectivity index (χ1) is 9.77. The fourth-order valence-electron chi connectivity index (χ4n) is 1.94. The van der Waals surface area contributed by atoms with E-state index in [1.165, 1.54) is 18.2 Å². The summed E-state index contributed by atoms with van der Waals surface area (Å²) in [6, 6.07) is 9.50. The van der Waals surface area contributed by atoms with Crippen LogP contribution in [0.2, 0.25) is 0 Å². The Morgan fingerprint density at radius 2 is 1.76 bits per heavy atom. The quantitative estimate of drug-likeness (QED) is 0.400. The van der Waals surface area contributed by atoms with Gasteiger partial charge in [-0.1, -0.05) is 44.0 Å². The molecule has 0 aliphatic rings. The van der Waals surface area contributed by atoms with Crippen LogP contribution in [-0.2, 0) is 12.6 Å². The third-order valence-electron chi connectivity index (χ3n) is 2.96. The minimum Gasteiger partial charge on any atom is -0.207 e. The third-order valence-corrected chi connectivity index (χ3v) is 4.50. The molecular formula is C15H10Br2F4. The lowest BCUT2D eigenvalue weighted by Crippen LogP contribution is -2.07. The van der Waals surface area contributed by atoms with Crippen LogP contribution in [0.4, 0.5) is 17.6 Å². The van der Waals surface area contributed by atoms with Crippen molar-refractivity contribution in [1.29, 1.82) is 0 Å². The van der Waals surface area contributed by atoms with Crippen LogP contribution in [0.1, 0.15) is 21.5 Å². The van der Waals surface area contributed by atoms with Gasteiger partial charge < -0.3 is 0 Å². The van der Waals surface area contributed by atoms with Crippen LogP contribution in [0, 0.1) is 5.82 Å². The highest BCUT2D eigenvalue weighted by Crippen LogP contribution is 2.37. The summed E-state index contributed by atoms with van der Waals surface area (Å²) in [5.74, 6) is -0.365. The van der Waals surface area contributed by atoms with Crippen LogP contribution in [0.25, 0.3) is 0 Å². The second-order valence-electron chi connectivity index (χ2n) is 4.54. The molecule has 0 amide bonds. The fourth-order valence-corrected chi connectivity index (χ4v) is 3.52. The molecule has 0 radical (unpaired) electrons. The molecular weight excluding hydrogens is 416 g/mol. The van der Waals surface area contributed by atoms with E-state index in [9.17, 15) is 17.6 Å². The smallest absolute Gasteiger partial charge is 0.207 e. The van der Waals surface area contributed by atoms with E-state index in [0.29, 0.717) is 22.0 Å². The monoisotopic (exact) mass is 424 g/mol. The predicted molar refractivity (Wildman–Crippen MR) is 80.9 cm³/mol. The molecule has 0 aromatic heterocycles. The van der Waals surface area contributed by atoms with Gasteiger partial charge in [0, 0.05) is 9.30 Å². The van der Waals surface area contributed by atoms with Crippen LogP contribution in [0.15, 0.2) is 46.9 Å². The molecule has 2 rings (SSSR count). The first-order valence-corrected chi connectivity index (χ1v) is 7.73. The summed E-state index contributed by atoms with van der Waals surface area (Å²) in [7, 11) is 0. The first-order valence-electron chi connectivity index (χ1n) is 6.02. The van der Waals surface area contributed by atoms with Gasteiger partial charge in [0.1, 0.15) is 5.82 Å². The first kappa shape index (κ1) is 16.5. The van der Waals surface area contributed by atoms with Crippen molar-refractivity contribution in [3.05, 3.63) is 69.4 Å². The Hall–Kier alpha value is -0.880. The van der Waals surface area contributed by atoms with Crippen molar-refractivity contribution < 1.29 is 17.6 Å². The van der Waals surface area contributed by atoms with Crippen molar-refractivity contribution in [2.45, 2.75) is 17.4 Å². The topological polar surface area (TPSA) is 0 Å². The van der Waals surface area contributed by atoms with Crippen LogP contribution in [-0.4, -0.2) is 0 Å². The van der Waals surface area contributed by atoms with Crippen molar-refractivity contribution in [1.82, 2.24) is 0 Å². The summed E-state index contributed by atoms with van der Waals surface area (Å²) < 4.78 is 52.0. The fraction of sp³-hybridized carbons (Fsp3) is 0.200. The van der Waals surface area contributed by atoms with Gasteiger partial charge in [0.2, 0.25) is 0 Å². The molecule has 0 fully saturated rings. The number of alkyl halides is 4. The summed E-state index contributed by atoms with van der Waals surface area (Å²) in [5, 5.41) is 0. The van der Waals surface area contributed by atoms with Gasteiger partial charge in [0.15, 0.2) is 0 Å². The van der Waals surface area contributed by atoms with E-state index in [0.717, 1.165) is 12.1 Å². The highest BCUT2D eigenvalue weighted by Gasteiger charge is 2.31. The van der Waals surface area contributed by atoms with Crippen LogP contribution >= 0.6 is 31.9 Å². The highest BCUT2D eigenvalue weighted by molar-refractivity contribution is 9.11. The lowest BCUT2D eigenvalue weighted by molar-refractivity contribution is -0.137. The van der Waals surface area contributed by atoms with E-state index in [1.807, 2.05) is 0 Å². The second-order valence-corrected chi connectivity index (χ2v) is 6.50. The summed E-state index contributed by atoms with van der Waals surface area (Å²) in [5.41, 5.74) is 0.486. The lowest BCUT2D eigenvalue weighted by Gasteiger charge is -2.15. The Bertz CT molecular complexity index is 638. The van der Waals surface area contributed by atoms with Crippen LogP contribution in [0.5, 0.6) is 0 Å². The van der Waals surface area contributed by atoms with Crippen molar-refractivity contribution >= 4 is 31.9 Å². The molecule has 2 aromatic rings. The highest BCUT2D eigenvalue weighted by atomic mass is 79.9. The van der Waals surface area contributed by atoms with Gasteiger partial charge in [-0.15, -0.1) is 0 Å². The van der Waals surface area contributed by atoms with E-state index in [4.69, 9.17) is 0 Å². The Morgan fingerprint density at radius 1 is 1.05 bits per heavy atom. The number of halogens is 6. The van der Waals surface area contributed by atoms with Crippen LogP contribution in [0.3, 0.4) is 0 Å². The van der Waals surface area contributed by atoms with Gasteiger partial charge in [-0.2, -0.15) is 13.2 Å². The average molecular weight is 426 g/mol. The van der Waals surface area contributed by atoms with Crippen LogP contribution < -0.4 is 0 Å². The zero-order chi connectivity index (χ0) is 15.6. The SMILES string of the molecule is Fc1cccc(CC(Br)c2cc(C(F)(F)F)ccc2Br)c1. The molecule has 0 nitrogen and oxygen atoms in total. The normalized spacial score (nSPS) is 13.2. The average Bonchev–Trinajstić information content (AvgIpc) is 2.37. The molecule has 6 heteroatoms. The second kappa shape index (κ2) is 6.48. The molecule has 2 aromatic carbocycles. The third kappa shape index (κ3) is 4.30. The minimum absolute atomic E-state index is 0.351. The summed E-state index contributed by atoms with van der Waals surface area (Å²) in [4.78, 5) is -0.351. The molecule has 0 spiro atoms. The minimum atomic E-state index is -4.39. The molecule has 0 heterocycles. The number of benzene rings is 2. The molecule has 0 bridgehead atoms. The molecule has 0 saturated carbocycles. The zero-order valence-electron chi connectivity index (χ0n) is 10.6. The molecule has 112 valence electrons. The molecule has 1 atom stereocenters. The molecule has 0 aliphatic heterocycles. The summed E-state index contributed by atoms with van der Waals surface area (Å²) in [6.45, 7) is 0. The maximum atomic E-state index is 13.1. The van der Waals surface area contributed by atoms with Crippen molar-refractivity contribution in [2.24, 2.45) is 0 Å².